The maximum atomic E-state index is 4.61. The molecule has 0 atom stereocenters. The van der Waals surface area contributed by atoms with Crippen LogP contribution < -0.4 is 16.0 Å². The van der Waals surface area contributed by atoms with Gasteiger partial charge in [-0.3, -0.25) is 9.67 Å². The molecule has 8 nitrogen and oxygen atoms in total. The SMILES string of the molecule is CCCCCCN=C(NCC)NCCNc1ncnc2c1cnn2C.I. The van der Waals surface area contributed by atoms with Crippen molar-refractivity contribution < 1.29 is 0 Å². The van der Waals surface area contributed by atoms with Crippen molar-refractivity contribution in [2.75, 3.05) is 31.5 Å². The summed E-state index contributed by atoms with van der Waals surface area (Å²) in [5.74, 6) is 1.68. The molecule has 0 aliphatic rings. The largest absolute Gasteiger partial charge is 0.368 e. The Morgan fingerprint density at radius 2 is 1.96 bits per heavy atom. The Bertz CT molecular complexity index is 670. The zero-order valence-corrected chi connectivity index (χ0v) is 18.3. The second-order valence-electron chi connectivity index (χ2n) is 5.90. The number of nitrogens with zero attached hydrogens (tertiary/aromatic N) is 5. The summed E-state index contributed by atoms with van der Waals surface area (Å²) in [5, 5.41) is 15.1. The molecule has 0 aliphatic carbocycles. The molecule has 0 amide bonds. The number of hydrogen-bond acceptors (Lipinski definition) is 5. The first-order chi connectivity index (χ1) is 12.3. The van der Waals surface area contributed by atoms with E-state index in [1.165, 1.54) is 19.3 Å². The van der Waals surface area contributed by atoms with Gasteiger partial charge in [-0.1, -0.05) is 26.2 Å². The van der Waals surface area contributed by atoms with Crippen LogP contribution in [0, 0.1) is 0 Å². The first-order valence-corrected chi connectivity index (χ1v) is 9.15. The van der Waals surface area contributed by atoms with E-state index < -0.39 is 0 Å². The Morgan fingerprint density at radius 3 is 2.73 bits per heavy atom. The molecule has 26 heavy (non-hydrogen) atoms. The molecule has 0 spiro atoms. The number of nitrogens with one attached hydrogen (secondary N) is 3. The third kappa shape index (κ3) is 6.93. The van der Waals surface area contributed by atoms with Crippen LogP contribution in [0.15, 0.2) is 17.5 Å². The third-order valence-corrected chi connectivity index (χ3v) is 3.87. The van der Waals surface area contributed by atoms with Crippen molar-refractivity contribution in [3.63, 3.8) is 0 Å². The van der Waals surface area contributed by atoms with Gasteiger partial charge in [-0.05, 0) is 13.3 Å². The molecule has 0 fully saturated rings. The van der Waals surface area contributed by atoms with Crippen LogP contribution in [-0.4, -0.2) is 51.9 Å². The van der Waals surface area contributed by atoms with Gasteiger partial charge in [0.05, 0.1) is 11.6 Å². The summed E-state index contributed by atoms with van der Waals surface area (Å²) in [5.41, 5.74) is 0.826. The van der Waals surface area contributed by atoms with Gasteiger partial charge in [0.1, 0.15) is 12.1 Å². The normalized spacial score (nSPS) is 11.3. The quantitative estimate of drug-likeness (QED) is 0.212. The Morgan fingerprint density at radius 1 is 1.12 bits per heavy atom. The van der Waals surface area contributed by atoms with Gasteiger partial charge in [0.15, 0.2) is 11.6 Å². The molecular weight excluding hydrogens is 443 g/mol. The third-order valence-electron chi connectivity index (χ3n) is 3.87. The van der Waals surface area contributed by atoms with Crippen molar-refractivity contribution in [3.05, 3.63) is 12.5 Å². The summed E-state index contributed by atoms with van der Waals surface area (Å²) in [6.07, 6.45) is 8.26. The van der Waals surface area contributed by atoms with Crippen LogP contribution in [-0.2, 0) is 7.05 Å². The van der Waals surface area contributed by atoms with E-state index in [1.807, 2.05) is 7.05 Å². The fraction of sp³-hybridized carbons (Fsp3) is 0.647. The summed E-state index contributed by atoms with van der Waals surface area (Å²) < 4.78 is 1.74. The van der Waals surface area contributed by atoms with Crippen molar-refractivity contribution in [3.8, 4) is 0 Å². The summed E-state index contributed by atoms with van der Waals surface area (Å²) in [4.78, 5) is 13.2. The van der Waals surface area contributed by atoms with Crippen LogP contribution in [0.1, 0.15) is 39.5 Å². The number of hydrogen-bond donors (Lipinski definition) is 3. The summed E-state index contributed by atoms with van der Waals surface area (Å²) >= 11 is 0. The van der Waals surface area contributed by atoms with Gasteiger partial charge >= 0.3 is 0 Å². The van der Waals surface area contributed by atoms with E-state index in [0.29, 0.717) is 0 Å². The summed E-state index contributed by atoms with van der Waals surface area (Å²) in [6, 6.07) is 0. The van der Waals surface area contributed by atoms with E-state index in [1.54, 1.807) is 17.2 Å². The number of halogens is 1. The monoisotopic (exact) mass is 474 g/mol. The van der Waals surface area contributed by atoms with E-state index in [4.69, 9.17) is 0 Å². The Kier molecular flexibility index (Phi) is 10.9. The molecule has 0 saturated carbocycles. The molecule has 0 unspecified atom stereocenters. The van der Waals surface area contributed by atoms with Crippen LogP contribution in [0.2, 0.25) is 0 Å². The van der Waals surface area contributed by atoms with Gasteiger partial charge in [0.2, 0.25) is 0 Å². The number of fused-ring (bicyclic) bond motifs is 1. The number of guanidine groups is 1. The summed E-state index contributed by atoms with van der Waals surface area (Å²) in [6.45, 7) is 7.51. The Hall–Kier alpha value is -1.65. The highest BCUT2D eigenvalue weighted by Gasteiger charge is 2.06. The molecule has 0 saturated heterocycles. The minimum absolute atomic E-state index is 0. The van der Waals surface area contributed by atoms with Gasteiger partial charge in [-0.15, -0.1) is 24.0 Å². The van der Waals surface area contributed by atoms with Crippen molar-refractivity contribution in [1.29, 1.82) is 0 Å². The minimum atomic E-state index is 0. The average Bonchev–Trinajstić information content (AvgIpc) is 3.00. The predicted octanol–water partition coefficient (Wildman–Crippen LogP) is 2.53. The van der Waals surface area contributed by atoms with E-state index in [-0.39, 0.29) is 24.0 Å². The van der Waals surface area contributed by atoms with Gasteiger partial charge in [0.25, 0.3) is 0 Å². The highest BCUT2D eigenvalue weighted by Crippen LogP contribution is 2.16. The maximum absolute atomic E-state index is 4.61. The van der Waals surface area contributed by atoms with Crippen LogP contribution in [0.25, 0.3) is 11.0 Å². The van der Waals surface area contributed by atoms with E-state index >= 15 is 0 Å². The van der Waals surface area contributed by atoms with Gasteiger partial charge < -0.3 is 16.0 Å². The molecule has 2 aromatic heterocycles. The lowest BCUT2D eigenvalue weighted by atomic mass is 10.2. The van der Waals surface area contributed by atoms with Crippen molar-refractivity contribution in [1.82, 2.24) is 30.4 Å². The Labute approximate surface area is 172 Å². The first kappa shape index (κ1) is 22.4. The standard InChI is InChI=1S/C17H30N8.HI/c1-4-6-7-8-9-20-17(18-5-2)21-11-10-19-15-14-12-24-25(3)16(14)23-13-22-15;/h12-13H,4-11H2,1-3H3,(H2,18,20,21)(H,19,22,23);1H. The van der Waals surface area contributed by atoms with Gasteiger partial charge in [-0.2, -0.15) is 5.10 Å². The molecule has 2 aromatic rings. The molecule has 146 valence electrons. The second kappa shape index (κ2) is 12.7. The number of rotatable bonds is 10. The smallest absolute Gasteiger partial charge is 0.191 e. The lowest BCUT2D eigenvalue weighted by molar-refractivity contribution is 0.671. The summed E-state index contributed by atoms with van der Waals surface area (Å²) in [7, 11) is 1.88. The molecule has 2 heterocycles. The zero-order chi connectivity index (χ0) is 17.9. The predicted molar refractivity (Wildman–Crippen MR) is 118 cm³/mol. The fourth-order valence-corrected chi connectivity index (χ4v) is 2.54. The van der Waals surface area contributed by atoms with E-state index in [9.17, 15) is 0 Å². The van der Waals surface area contributed by atoms with Crippen LogP contribution in [0.4, 0.5) is 5.82 Å². The maximum Gasteiger partial charge on any atom is 0.191 e. The highest BCUT2D eigenvalue weighted by molar-refractivity contribution is 14.0. The van der Waals surface area contributed by atoms with Gasteiger partial charge in [0, 0.05) is 33.2 Å². The van der Waals surface area contributed by atoms with Crippen molar-refractivity contribution >= 4 is 46.8 Å². The highest BCUT2D eigenvalue weighted by atomic mass is 127. The van der Waals surface area contributed by atoms with E-state index in [0.717, 1.165) is 55.4 Å². The number of unbranched alkanes of at least 4 members (excludes halogenated alkanes) is 3. The molecule has 9 heteroatoms. The molecule has 0 aromatic carbocycles. The Balaban J connectivity index is 0.00000338. The number of anilines is 1. The molecule has 0 radical (unpaired) electrons. The van der Waals surface area contributed by atoms with Crippen molar-refractivity contribution in [2.45, 2.75) is 39.5 Å². The van der Waals surface area contributed by atoms with E-state index in [2.05, 4.69) is 49.9 Å². The molecule has 3 N–H and O–H groups in total. The second-order valence-corrected chi connectivity index (χ2v) is 5.90. The van der Waals surface area contributed by atoms with Gasteiger partial charge in [-0.25, -0.2) is 9.97 Å². The molecule has 0 aliphatic heterocycles. The van der Waals surface area contributed by atoms with Crippen LogP contribution in [0.3, 0.4) is 0 Å². The topological polar surface area (TPSA) is 92.1 Å². The van der Waals surface area contributed by atoms with Crippen LogP contribution in [0.5, 0.6) is 0 Å². The minimum Gasteiger partial charge on any atom is -0.368 e. The lowest BCUT2D eigenvalue weighted by Crippen LogP contribution is -2.39. The molecule has 2 rings (SSSR count). The average molecular weight is 474 g/mol. The number of aliphatic imine (C=N–C) groups is 1. The zero-order valence-electron chi connectivity index (χ0n) is 16.0. The van der Waals surface area contributed by atoms with Crippen LogP contribution >= 0.6 is 24.0 Å². The van der Waals surface area contributed by atoms with Crippen molar-refractivity contribution in [2.24, 2.45) is 12.0 Å². The molecular formula is C17H31IN8. The first-order valence-electron chi connectivity index (χ1n) is 9.15. The fourth-order valence-electron chi connectivity index (χ4n) is 2.54. The number of aromatic nitrogens is 4. The lowest BCUT2D eigenvalue weighted by Gasteiger charge is -2.12. The number of aryl methyl sites for hydroxylation is 1. The molecule has 0 bridgehead atoms.